The molecule has 1 aliphatic rings. The number of carboxylic acid groups (broad SMARTS) is 1. The maximum Gasteiger partial charge on any atom is 0.329 e. The lowest BCUT2D eigenvalue weighted by Crippen LogP contribution is -2.50. The molecule has 2 heterocycles. The second kappa shape index (κ2) is 3.66. The highest BCUT2D eigenvalue weighted by Crippen LogP contribution is 2.30. The van der Waals surface area contributed by atoms with Crippen LogP contribution >= 0.6 is 0 Å². The van der Waals surface area contributed by atoms with Gasteiger partial charge in [0, 0.05) is 6.54 Å². The summed E-state index contributed by atoms with van der Waals surface area (Å²) < 4.78 is 4.83. The average molecular weight is 223 g/mol. The number of nitrogens with zero attached hydrogens (tertiary/aromatic N) is 1. The van der Waals surface area contributed by atoms with Crippen LogP contribution in [0.15, 0.2) is 23.0 Å². The maximum atomic E-state index is 12.0. The van der Waals surface area contributed by atoms with E-state index in [-0.39, 0.29) is 5.91 Å². The molecule has 86 valence electrons. The molecule has 1 unspecified atom stereocenters. The molecule has 0 aromatic carbocycles. The van der Waals surface area contributed by atoms with E-state index < -0.39 is 11.5 Å². The molecule has 1 amide bonds. The van der Waals surface area contributed by atoms with E-state index in [9.17, 15) is 14.7 Å². The number of hydrogen-bond donors (Lipinski definition) is 1. The van der Waals surface area contributed by atoms with E-state index in [1.54, 1.807) is 13.0 Å². The number of furan rings is 1. The van der Waals surface area contributed by atoms with Crippen LogP contribution in [0, 0.1) is 0 Å². The van der Waals surface area contributed by atoms with Crippen molar-refractivity contribution in [2.75, 3.05) is 6.54 Å². The molecule has 1 atom stereocenters. The van der Waals surface area contributed by atoms with Gasteiger partial charge in [-0.3, -0.25) is 4.79 Å². The Hall–Kier alpha value is -1.78. The normalized spacial score (nSPS) is 24.7. The number of rotatable bonds is 2. The topological polar surface area (TPSA) is 70.8 Å². The van der Waals surface area contributed by atoms with E-state index in [0.29, 0.717) is 24.9 Å². The van der Waals surface area contributed by atoms with Crippen molar-refractivity contribution in [1.29, 1.82) is 0 Å². The molecule has 0 saturated carbocycles. The van der Waals surface area contributed by atoms with Crippen LogP contribution in [0.1, 0.15) is 30.1 Å². The molecule has 2 rings (SSSR count). The first kappa shape index (κ1) is 10.7. The first-order valence-electron chi connectivity index (χ1n) is 5.13. The maximum absolute atomic E-state index is 12.0. The zero-order chi connectivity index (χ0) is 11.8. The van der Waals surface area contributed by atoms with Crippen molar-refractivity contribution < 1.29 is 19.1 Å². The van der Waals surface area contributed by atoms with Gasteiger partial charge in [0.1, 0.15) is 11.8 Å². The number of carbonyl (C=O) groups is 2. The Morgan fingerprint density at radius 1 is 1.56 bits per heavy atom. The summed E-state index contributed by atoms with van der Waals surface area (Å²) in [6.45, 7) is 2.06. The highest BCUT2D eigenvalue weighted by Gasteiger charge is 2.46. The van der Waals surface area contributed by atoms with Gasteiger partial charge in [-0.15, -0.1) is 0 Å². The van der Waals surface area contributed by atoms with Crippen molar-refractivity contribution in [2.24, 2.45) is 0 Å². The quantitative estimate of drug-likeness (QED) is 0.821. The number of aliphatic carboxylic acids is 1. The van der Waals surface area contributed by atoms with E-state index in [1.807, 2.05) is 0 Å². The average Bonchev–Trinajstić information content (AvgIpc) is 2.85. The third-order valence-electron chi connectivity index (χ3n) is 3.12. The number of carbonyl (C=O) groups excluding carboxylic acids is 1. The largest absolute Gasteiger partial charge is 0.480 e. The second-order valence-corrected chi connectivity index (χ2v) is 4.15. The Kier molecular flexibility index (Phi) is 2.46. The number of amides is 1. The fourth-order valence-corrected chi connectivity index (χ4v) is 2.05. The predicted octanol–water partition coefficient (Wildman–Crippen LogP) is 1.36. The fourth-order valence-electron chi connectivity index (χ4n) is 2.05. The molecule has 0 bridgehead atoms. The summed E-state index contributed by atoms with van der Waals surface area (Å²) >= 11 is 0. The van der Waals surface area contributed by atoms with Crippen LogP contribution in [0.4, 0.5) is 0 Å². The first-order valence-corrected chi connectivity index (χ1v) is 5.13. The third-order valence-corrected chi connectivity index (χ3v) is 3.12. The van der Waals surface area contributed by atoms with Crippen LogP contribution in [-0.2, 0) is 4.79 Å². The highest BCUT2D eigenvalue weighted by atomic mass is 16.4. The molecule has 16 heavy (non-hydrogen) atoms. The van der Waals surface area contributed by atoms with Crippen LogP contribution in [0.25, 0.3) is 0 Å². The smallest absolute Gasteiger partial charge is 0.329 e. The zero-order valence-corrected chi connectivity index (χ0v) is 8.97. The van der Waals surface area contributed by atoms with Crippen molar-refractivity contribution in [2.45, 2.75) is 25.3 Å². The number of carboxylic acids is 1. The molecule has 0 radical (unpaired) electrons. The van der Waals surface area contributed by atoms with Gasteiger partial charge in [0.25, 0.3) is 5.91 Å². The summed E-state index contributed by atoms with van der Waals surface area (Å²) in [5.41, 5.74) is -0.691. The van der Waals surface area contributed by atoms with Crippen LogP contribution in [0.5, 0.6) is 0 Å². The summed E-state index contributed by atoms with van der Waals surface area (Å²) in [6, 6.07) is 1.54. The molecule has 1 aromatic heterocycles. The van der Waals surface area contributed by atoms with Gasteiger partial charge in [-0.2, -0.15) is 0 Å². The molecule has 1 aliphatic heterocycles. The van der Waals surface area contributed by atoms with Crippen molar-refractivity contribution >= 4 is 11.9 Å². The summed E-state index contributed by atoms with van der Waals surface area (Å²) in [7, 11) is 0. The molecule has 0 aliphatic carbocycles. The van der Waals surface area contributed by atoms with Gasteiger partial charge in [-0.25, -0.2) is 4.79 Å². The van der Waals surface area contributed by atoms with E-state index in [0.717, 1.165) is 0 Å². The van der Waals surface area contributed by atoms with E-state index in [2.05, 4.69) is 0 Å². The lowest BCUT2D eigenvalue weighted by molar-refractivity contribution is -0.147. The molecule has 1 N–H and O–H groups in total. The molecular formula is C11H13NO4. The van der Waals surface area contributed by atoms with Crippen molar-refractivity contribution in [1.82, 2.24) is 4.90 Å². The molecular weight excluding hydrogens is 210 g/mol. The van der Waals surface area contributed by atoms with Gasteiger partial charge in [0.15, 0.2) is 0 Å². The fraction of sp³-hybridized carbons (Fsp3) is 0.455. The molecule has 5 nitrogen and oxygen atoms in total. The first-order chi connectivity index (χ1) is 7.55. The summed E-state index contributed by atoms with van der Waals surface area (Å²) in [5.74, 6) is -1.24. The van der Waals surface area contributed by atoms with Gasteiger partial charge in [-0.05, 0) is 25.8 Å². The van der Waals surface area contributed by atoms with Crippen LogP contribution < -0.4 is 0 Å². The minimum Gasteiger partial charge on any atom is -0.480 e. The van der Waals surface area contributed by atoms with Crippen molar-refractivity contribution in [3.05, 3.63) is 24.2 Å². The van der Waals surface area contributed by atoms with Crippen LogP contribution in [0.2, 0.25) is 0 Å². The van der Waals surface area contributed by atoms with Crippen molar-refractivity contribution in [3.63, 3.8) is 0 Å². The summed E-state index contributed by atoms with van der Waals surface area (Å²) in [5, 5.41) is 9.17. The lowest BCUT2D eigenvalue weighted by atomic mass is 9.99. The molecule has 1 saturated heterocycles. The Labute approximate surface area is 92.7 Å². The molecule has 1 fully saturated rings. The Balaban J connectivity index is 2.27. The summed E-state index contributed by atoms with van der Waals surface area (Å²) in [6.07, 6.45) is 3.95. The Morgan fingerprint density at radius 3 is 2.88 bits per heavy atom. The van der Waals surface area contributed by atoms with Gasteiger partial charge in [0.05, 0.1) is 11.8 Å². The van der Waals surface area contributed by atoms with Crippen LogP contribution in [-0.4, -0.2) is 34.0 Å². The van der Waals surface area contributed by atoms with Gasteiger partial charge in [0.2, 0.25) is 0 Å². The predicted molar refractivity (Wildman–Crippen MR) is 55.0 cm³/mol. The molecule has 5 heteroatoms. The second-order valence-electron chi connectivity index (χ2n) is 4.15. The number of likely N-dealkylation sites (tertiary alicyclic amines) is 1. The molecule has 1 aromatic rings. The van der Waals surface area contributed by atoms with Crippen molar-refractivity contribution in [3.8, 4) is 0 Å². The monoisotopic (exact) mass is 223 g/mol. The van der Waals surface area contributed by atoms with E-state index in [4.69, 9.17) is 4.42 Å². The zero-order valence-electron chi connectivity index (χ0n) is 8.97. The third kappa shape index (κ3) is 1.48. The van der Waals surface area contributed by atoms with Crippen LogP contribution in [0.3, 0.4) is 0 Å². The minimum absolute atomic E-state index is 0.281. The standard InChI is InChI=1S/C11H13NO4/c1-11(10(14)15)4-2-5-12(11)9(13)8-3-6-16-7-8/h3,6-7H,2,4-5H2,1H3,(H,14,15). The highest BCUT2D eigenvalue weighted by molar-refractivity contribution is 5.97. The summed E-state index contributed by atoms with van der Waals surface area (Å²) in [4.78, 5) is 24.6. The molecule has 0 spiro atoms. The Bertz CT molecular complexity index is 412. The lowest BCUT2D eigenvalue weighted by Gasteiger charge is -2.30. The SMILES string of the molecule is CC1(C(=O)O)CCCN1C(=O)c1ccoc1. The number of hydrogen-bond acceptors (Lipinski definition) is 3. The minimum atomic E-state index is -1.09. The Morgan fingerprint density at radius 2 is 2.31 bits per heavy atom. The van der Waals surface area contributed by atoms with E-state index in [1.165, 1.54) is 17.4 Å². The van der Waals surface area contributed by atoms with E-state index >= 15 is 0 Å². The van der Waals surface area contributed by atoms with Gasteiger partial charge >= 0.3 is 5.97 Å². The van der Waals surface area contributed by atoms with Gasteiger partial charge in [-0.1, -0.05) is 0 Å². The van der Waals surface area contributed by atoms with Gasteiger partial charge < -0.3 is 14.4 Å².